The zero-order valence-corrected chi connectivity index (χ0v) is 14.3. The van der Waals surface area contributed by atoms with E-state index in [4.69, 9.17) is 0 Å². The van der Waals surface area contributed by atoms with Gasteiger partial charge in [-0.2, -0.15) is 0 Å². The van der Waals surface area contributed by atoms with E-state index in [9.17, 15) is 19.5 Å². The van der Waals surface area contributed by atoms with Gasteiger partial charge in [0.05, 0.1) is 5.92 Å². The molecular weight excluding hydrogens is 308 g/mol. The molecule has 2 heterocycles. The summed E-state index contributed by atoms with van der Waals surface area (Å²) >= 11 is 0. The minimum atomic E-state index is -0.819. The van der Waals surface area contributed by atoms with Gasteiger partial charge < -0.3 is 14.9 Å². The lowest BCUT2D eigenvalue weighted by molar-refractivity contribution is -0.152. The molecule has 1 saturated carbocycles. The van der Waals surface area contributed by atoms with Gasteiger partial charge in [0.15, 0.2) is 0 Å². The van der Waals surface area contributed by atoms with Crippen molar-refractivity contribution in [2.24, 2.45) is 17.8 Å². The van der Waals surface area contributed by atoms with Gasteiger partial charge in [0.25, 0.3) is 0 Å². The molecule has 0 aromatic rings. The second-order valence-corrected chi connectivity index (χ2v) is 7.49. The van der Waals surface area contributed by atoms with Crippen LogP contribution in [0.2, 0.25) is 0 Å². The van der Waals surface area contributed by atoms with Gasteiger partial charge >= 0.3 is 5.97 Å². The number of rotatable bonds is 3. The van der Waals surface area contributed by atoms with Gasteiger partial charge in [0.1, 0.15) is 0 Å². The Morgan fingerprint density at radius 2 is 1.25 bits per heavy atom. The average molecular weight is 336 g/mol. The molecule has 3 fully saturated rings. The van der Waals surface area contributed by atoms with Crippen molar-refractivity contribution < 1.29 is 19.5 Å². The number of carboxylic acids is 1. The molecule has 0 aromatic heterocycles. The Morgan fingerprint density at radius 1 is 0.708 bits per heavy atom. The van der Waals surface area contributed by atoms with Crippen LogP contribution in [0.5, 0.6) is 0 Å². The molecule has 2 aliphatic heterocycles. The first-order valence-corrected chi connectivity index (χ1v) is 9.38. The molecule has 24 heavy (non-hydrogen) atoms. The Bertz CT molecular complexity index is 501. The average Bonchev–Trinajstić information content (AvgIpc) is 3.15. The number of hydrogen-bond acceptors (Lipinski definition) is 3. The summed E-state index contributed by atoms with van der Waals surface area (Å²) in [5, 5.41) is 9.23. The van der Waals surface area contributed by atoms with Gasteiger partial charge in [-0.3, -0.25) is 14.4 Å². The highest BCUT2D eigenvalue weighted by Gasteiger charge is 2.41. The summed E-state index contributed by atoms with van der Waals surface area (Å²) in [4.78, 5) is 40.7. The summed E-state index contributed by atoms with van der Waals surface area (Å²) in [7, 11) is 0. The second-order valence-electron chi connectivity index (χ2n) is 7.49. The zero-order chi connectivity index (χ0) is 17.1. The number of carbonyl (C=O) groups excluding carboxylic acids is 2. The third kappa shape index (κ3) is 3.57. The van der Waals surface area contributed by atoms with Gasteiger partial charge in [0.2, 0.25) is 11.8 Å². The maximum atomic E-state index is 13.0. The van der Waals surface area contributed by atoms with Crippen molar-refractivity contribution in [3.05, 3.63) is 0 Å². The Hall–Kier alpha value is -1.59. The van der Waals surface area contributed by atoms with Crippen molar-refractivity contribution >= 4 is 17.8 Å². The van der Waals surface area contributed by atoms with Crippen molar-refractivity contribution in [3.8, 4) is 0 Å². The largest absolute Gasteiger partial charge is 0.481 e. The summed E-state index contributed by atoms with van der Waals surface area (Å²) < 4.78 is 0. The van der Waals surface area contributed by atoms with Gasteiger partial charge in [-0.15, -0.1) is 0 Å². The van der Waals surface area contributed by atoms with Crippen molar-refractivity contribution in [2.45, 2.75) is 51.4 Å². The molecule has 0 radical (unpaired) electrons. The lowest BCUT2D eigenvalue weighted by Gasteiger charge is -2.38. The fourth-order valence-electron chi connectivity index (χ4n) is 4.51. The molecule has 0 aromatic carbocycles. The molecule has 3 aliphatic rings. The Labute approximate surface area is 143 Å². The number of amides is 2. The van der Waals surface area contributed by atoms with Crippen LogP contribution in [0.3, 0.4) is 0 Å². The Balaban J connectivity index is 1.68. The van der Waals surface area contributed by atoms with Crippen molar-refractivity contribution in [1.82, 2.24) is 9.80 Å². The van der Waals surface area contributed by atoms with Crippen LogP contribution in [-0.4, -0.2) is 58.9 Å². The Kier molecular flexibility index (Phi) is 5.41. The lowest BCUT2D eigenvalue weighted by Crippen LogP contribution is -2.49. The topological polar surface area (TPSA) is 77.9 Å². The van der Waals surface area contributed by atoms with Crippen molar-refractivity contribution in [3.63, 3.8) is 0 Å². The number of likely N-dealkylation sites (tertiary alicyclic amines) is 2. The van der Waals surface area contributed by atoms with E-state index in [0.717, 1.165) is 58.0 Å². The molecule has 6 nitrogen and oxygen atoms in total. The number of nitrogens with zero attached hydrogens (tertiary/aromatic N) is 2. The van der Waals surface area contributed by atoms with E-state index < -0.39 is 11.9 Å². The van der Waals surface area contributed by atoms with Crippen LogP contribution in [0.15, 0.2) is 0 Å². The minimum absolute atomic E-state index is 0.0122. The van der Waals surface area contributed by atoms with Gasteiger partial charge in [-0.1, -0.05) is 12.8 Å². The predicted molar refractivity (Wildman–Crippen MR) is 88.2 cm³/mol. The van der Waals surface area contributed by atoms with Crippen LogP contribution in [0.1, 0.15) is 51.4 Å². The summed E-state index contributed by atoms with van der Waals surface area (Å²) in [5.74, 6) is -1.57. The van der Waals surface area contributed by atoms with Crippen LogP contribution in [0, 0.1) is 17.8 Å². The predicted octanol–water partition coefficient (Wildman–Crippen LogP) is 1.74. The first kappa shape index (κ1) is 17.2. The summed E-state index contributed by atoms with van der Waals surface area (Å²) in [6.45, 7) is 2.57. The van der Waals surface area contributed by atoms with E-state index in [1.807, 2.05) is 4.90 Å². The molecular formula is C18H28N2O4. The summed E-state index contributed by atoms with van der Waals surface area (Å²) in [5.41, 5.74) is 0. The second kappa shape index (κ2) is 7.53. The van der Waals surface area contributed by atoms with Crippen LogP contribution in [0.25, 0.3) is 0 Å². The lowest BCUT2D eigenvalue weighted by atomic mass is 9.77. The monoisotopic (exact) mass is 336 g/mol. The van der Waals surface area contributed by atoms with Crippen molar-refractivity contribution in [2.75, 3.05) is 26.2 Å². The SMILES string of the molecule is O=C(O)[C@@H]1CCCN(C(=O)[C@H]2CCCC[C@H]2C(=O)N2CCCC2)C1. The van der Waals surface area contributed by atoms with Crippen molar-refractivity contribution in [1.29, 1.82) is 0 Å². The van der Waals surface area contributed by atoms with Gasteiger partial charge in [0, 0.05) is 38.0 Å². The minimum Gasteiger partial charge on any atom is -0.481 e. The maximum Gasteiger partial charge on any atom is 0.308 e. The first-order valence-electron chi connectivity index (χ1n) is 9.38. The van der Waals surface area contributed by atoms with E-state index in [-0.39, 0.29) is 23.7 Å². The summed E-state index contributed by atoms with van der Waals surface area (Å²) in [6, 6.07) is 0. The Morgan fingerprint density at radius 3 is 1.83 bits per heavy atom. The van der Waals surface area contributed by atoms with Gasteiger partial charge in [-0.05, 0) is 38.5 Å². The number of hydrogen-bond donors (Lipinski definition) is 1. The van der Waals surface area contributed by atoms with Gasteiger partial charge in [-0.25, -0.2) is 0 Å². The molecule has 1 N–H and O–H groups in total. The fraction of sp³-hybridized carbons (Fsp3) is 0.833. The third-order valence-corrected chi connectivity index (χ3v) is 5.90. The highest BCUT2D eigenvalue weighted by molar-refractivity contribution is 5.88. The molecule has 2 saturated heterocycles. The smallest absolute Gasteiger partial charge is 0.308 e. The molecule has 6 heteroatoms. The molecule has 3 atom stereocenters. The highest BCUT2D eigenvalue weighted by Crippen LogP contribution is 2.34. The first-order chi connectivity index (χ1) is 11.6. The van der Waals surface area contributed by atoms with E-state index in [1.165, 1.54) is 0 Å². The van der Waals surface area contributed by atoms with Crippen LogP contribution >= 0.6 is 0 Å². The standard InChI is InChI=1S/C18H28N2O4/c21-16(19-9-3-4-10-19)14-7-1-2-8-15(14)17(22)20-11-5-6-13(12-20)18(23)24/h13-15H,1-12H2,(H,23,24)/t13-,14-,15+/m1/s1. The number of carboxylic acid groups (broad SMARTS) is 1. The number of aliphatic carboxylic acids is 1. The zero-order valence-electron chi connectivity index (χ0n) is 14.3. The van der Waals surface area contributed by atoms with Crippen LogP contribution < -0.4 is 0 Å². The quantitative estimate of drug-likeness (QED) is 0.851. The molecule has 0 unspecified atom stereocenters. The molecule has 0 bridgehead atoms. The van der Waals surface area contributed by atoms with Crippen LogP contribution in [-0.2, 0) is 14.4 Å². The molecule has 2 amide bonds. The third-order valence-electron chi connectivity index (χ3n) is 5.90. The van der Waals surface area contributed by atoms with E-state index in [2.05, 4.69) is 0 Å². The maximum absolute atomic E-state index is 13.0. The van der Waals surface area contributed by atoms with E-state index in [1.54, 1.807) is 4.90 Å². The molecule has 3 rings (SSSR count). The highest BCUT2D eigenvalue weighted by atomic mass is 16.4. The summed E-state index contributed by atoms with van der Waals surface area (Å²) in [6.07, 6.45) is 7.04. The molecule has 134 valence electrons. The molecule has 0 spiro atoms. The normalized spacial score (nSPS) is 31.1. The van der Waals surface area contributed by atoms with E-state index in [0.29, 0.717) is 19.5 Å². The van der Waals surface area contributed by atoms with Crippen LogP contribution in [0.4, 0.5) is 0 Å². The number of carbonyl (C=O) groups is 3. The molecule has 1 aliphatic carbocycles. The number of piperidine rings is 1. The fourth-order valence-corrected chi connectivity index (χ4v) is 4.51. The van der Waals surface area contributed by atoms with E-state index >= 15 is 0 Å².